The number of hydrogen-bond donors (Lipinski definition) is 0. The number of hydrogen-bond acceptors (Lipinski definition) is 4. The molecular weight excluding hydrogens is 318 g/mol. The molecule has 3 aromatic rings. The van der Waals surface area contributed by atoms with Gasteiger partial charge in [0.2, 0.25) is 0 Å². The van der Waals surface area contributed by atoms with Crippen molar-refractivity contribution in [1.82, 2.24) is 14.3 Å². The van der Waals surface area contributed by atoms with Crippen molar-refractivity contribution in [3.63, 3.8) is 0 Å². The highest BCUT2D eigenvalue weighted by Gasteiger charge is 2.19. The lowest BCUT2D eigenvalue weighted by Gasteiger charge is -2.16. The number of pyridine rings is 1. The molecule has 126 valence electrons. The Morgan fingerprint density at radius 2 is 2.21 bits per heavy atom. The third-order valence-electron chi connectivity index (χ3n) is 4.60. The van der Waals surface area contributed by atoms with E-state index in [4.69, 9.17) is 4.74 Å². The number of ether oxygens (including phenoxy) is 1. The van der Waals surface area contributed by atoms with E-state index in [1.165, 1.54) is 21.9 Å². The smallest absolute Gasteiger partial charge is 0.137 e. The second-order valence-corrected chi connectivity index (χ2v) is 7.75. The van der Waals surface area contributed by atoms with Crippen LogP contribution in [0.1, 0.15) is 40.1 Å². The van der Waals surface area contributed by atoms with Gasteiger partial charge in [0.15, 0.2) is 0 Å². The first-order chi connectivity index (χ1) is 11.7. The lowest BCUT2D eigenvalue weighted by Crippen LogP contribution is -2.18. The van der Waals surface area contributed by atoms with Crippen LogP contribution in [0.15, 0.2) is 36.5 Å². The van der Waals surface area contributed by atoms with E-state index in [2.05, 4.69) is 58.7 Å². The molecule has 1 fully saturated rings. The molecule has 5 heteroatoms. The highest BCUT2D eigenvalue weighted by molar-refractivity contribution is 7.12. The van der Waals surface area contributed by atoms with Crippen molar-refractivity contribution < 1.29 is 4.74 Å². The van der Waals surface area contributed by atoms with E-state index in [1.807, 2.05) is 17.4 Å². The second-order valence-electron chi connectivity index (χ2n) is 6.55. The minimum atomic E-state index is 0.329. The van der Waals surface area contributed by atoms with Crippen LogP contribution in [0.25, 0.3) is 5.65 Å². The van der Waals surface area contributed by atoms with Crippen LogP contribution < -0.4 is 0 Å². The summed E-state index contributed by atoms with van der Waals surface area (Å²) in [6, 6.07) is 10.6. The van der Waals surface area contributed by atoms with Crippen LogP contribution in [0.4, 0.5) is 0 Å². The monoisotopic (exact) mass is 341 g/mol. The molecular formula is C19H23N3OS. The van der Waals surface area contributed by atoms with Gasteiger partial charge in [-0.3, -0.25) is 4.90 Å². The van der Waals surface area contributed by atoms with Crippen molar-refractivity contribution in [2.45, 2.75) is 39.0 Å². The largest absolute Gasteiger partial charge is 0.373 e. The Hall–Kier alpha value is -1.69. The molecule has 1 unspecified atom stereocenters. The van der Waals surface area contributed by atoms with Crippen molar-refractivity contribution >= 4 is 17.0 Å². The lowest BCUT2D eigenvalue weighted by atomic mass is 10.2. The van der Waals surface area contributed by atoms with Crippen LogP contribution in [0.5, 0.6) is 0 Å². The maximum absolute atomic E-state index is 5.79. The molecule has 4 heterocycles. The lowest BCUT2D eigenvalue weighted by molar-refractivity contribution is 0.114. The Morgan fingerprint density at radius 1 is 1.29 bits per heavy atom. The van der Waals surface area contributed by atoms with Crippen molar-refractivity contribution in [3.05, 3.63) is 57.7 Å². The molecule has 4 nitrogen and oxygen atoms in total. The summed E-state index contributed by atoms with van der Waals surface area (Å²) in [7, 11) is 2.17. The summed E-state index contributed by atoms with van der Waals surface area (Å²) in [4.78, 5) is 9.78. The molecule has 4 rings (SSSR count). The summed E-state index contributed by atoms with van der Waals surface area (Å²) >= 11 is 1.89. The van der Waals surface area contributed by atoms with Crippen molar-refractivity contribution in [2.75, 3.05) is 13.7 Å². The van der Waals surface area contributed by atoms with E-state index in [9.17, 15) is 0 Å². The maximum atomic E-state index is 5.79. The molecule has 0 aliphatic carbocycles. The zero-order chi connectivity index (χ0) is 16.5. The highest BCUT2D eigenvalue weighted by atomic mass is 32.1. The molecule has 24 heavy (non-hydrogen) atoms. The summed E-state index contributed by atoms with van der Waals surface area (Å²) in [6.07, 6.45) is 4.77. The molecule has 0 radical (unpaired) electrons. The van der Waals surface area contributed by atoms with Gasteiger partial charge in [0.05, 0.1) is 17.5 Å². The average Bonchev–Trinajstić information content (AvgIpc) is 3.28. The van der Waals surface area contributed by atoms with Gasteiger partial charge in [0.1, 0.15) is 5.65 Å². The molecule has 1 saturated heterocycles. The van der Waals surface area contributed by atoms with E-state index >= 15 is 0 Å². The topological polar surface area (TPSA) is 29.8 Å². The first-order valence-corrected chi connectivity index (χ1v) is 9.33. The third kappa shape index (κ3) is 3.11. The summed E-state index contributed by atoms with van der Waals surface area (Å²) in [5.74, 6) is 0. The maximum Gasteiger partial charge on any atom is 0.137 e. The van der Waals surface area contributed by atoms with Gasteiger partial charge in [0, 0.05) is 35.6 Å². The van der Waals surface area contributed by atoms with E-state index in [0.29, 0.717) is 6.10 Å². The Morgan fingerprint density at radius 3 is 3.04 bits per heavy atom. The molecule has 1 aliphatic rings. The first kappa shape index (κ1) is 15.8. The Balaban J connectivity index is 1.46. The van der Waals surface area contributed by atoms with Crippen molar-refractivity contribution in [1.29, 1.82) is 0 Å². The minimum Gasteiger partial charge on any atom is -0.373 e. The normalized spacial score (nSPS) is 18.0. The van der Waals surface area contributed by atoms with E-state index in [-0.39, 0.29) is 0 Å². The van der Waals surface area contributed by atoms with Crippen LogP contribution in [0, 0.1) is 6.92 Å². The summed E-state index contributed by atoms with van der Waals surface area (Å²) < 4.78 is 7.98. The Kier molecular flexibility index (Phi) is 4.39. The van der Waals surface area contributed by atoms with Gasteiger partial charge in [0.25, 0.3) is 0 Å². The quantitative estimate of drug-likeness (QED) is 0.697. The average molecular weight is 341 g/mol. The highest BCUT2D eigenvalue weighted by Crippen LogP contribution is 2.33. The Labute approximate surface area is 146 Å². The molecule has 0 saturated carbocycles. The zero-order valence-corrected chi connectivity index (χ0v) is 15.1. The van der Waals surface area contributed by atoms with E-state index in [0.717, 1.165) is 37.5 Å². The van der Waals surface area contributed by atoms with Gasteiger partial charge >= 0.3 is 0 Å². The predicted octanol–water partition coefficient (Wildman–Crippen LogP) is 4.19. The number of aryl methyl sites for hydroxylation is 1. The number of thiophene rings is 1. The number of rotatable bonds is 5. The number of nitrogens with zero attached hydrogens (tertiary/aromatic N) is 3. The zero-order valence-electron chi connectivity index (χ0n) is 14.2. The molecule has 0 aromatic carbocycles. The Bertz CT molecular complexity index is 832. The van der Waals surface area contributed by atoms with Gasteiger partial charge in [-0.05, 0) is 51.1 Å². The SMILES string of the molecule is Cc1nc2ccccn2c1CN(C)Cc1ccc(C2CCCO2)s1. The summed E-state index contributed by atoms with van der Waals surface area (Å²) in [5.41, 5.74) is 3.40. The standard InChI is InChI=1S/C19H23N3OS/c1-14-16(22-10-4-3-7-19(22)20-14)13-21(2)12-15-8-9-18(24-15)17-6-5-11-23-17/h3-4,7-10,17H,5-6,11-13H2,1-2H3. The predicted molar refractivity (Wildman–Crippen MR) is 97.3 cm³/mol. The molecule has 1 atom stereocenters. The minimum absolute atomic E-state index is 0.329. The number of fused-ring (bicyclic) bond motifs is 1. The molecule has 0 N–H and O–H groups in total. The first-order valence-electron chi connectivity index (χ1n) is 8.52. The molecule has 3 aromatic heterocycles. The van der Waals surface area contributed by atoms with Crippen molar-refractivity contribution in [2.24, 2.45) is 0 Å². The van der Waals surface area contributed by atoms with Gasteiger partial charge in [-0.2, -0.15) is 0 Å². The fourth-order valence-corrected chi connectivity index (χ4v) is 4.56. The van der Waals surface area contributed by atoms with Gasteiger partial charge in [-0.25, -0.2) is 4.98 Å². The third-order valence-corrected chi connectivity index (χ3v) is 5.77. The van der Waals surface area contributed by atoms with Crippen LogP contribution in [-0.4, -0.2) is 27.9 Å². The van der Waals surface area contributed by atoms with Gasteiger partial charge in [-0.1, -0.05) is 6.07 Å². The second kappa shape index (κ2) is 6.67. The summed E-state index contributed by atoms with van der Waals surface area (Å²) in [5, 5.41) is 0. The van der Waals surface area contributed by atoms with Gasteiger partial charge in [-0.15, -0.1) is 11.3 Å². The molecule has 0 spiro atoms. The van der Waals surface area contributed by atoms with Crippen LogP contribution >= 0.6 is 11.3 Å². The van der Waals surface area contributed by atoms with Crippen LogP contribution in [0.2, 0.25) is 0 Å². The van der Waals surface area contributed by atoms with Crippen LogP contribution in [0.3, 0.4) is 0 Å². The fraction of sp³-hybridized carbons (Fsp3) is 0.421. The fourth-order valence-electron chi connectivity index (χ4n) is 3.39. The van der Waals surface area contributed by atoms with Crippen molar-refractivity contribution in [3.8, 4) is 0 Å². The van der Waals surface area contributed by atoms with Crippen LogP contribution in [-0.2, 0) is 17.8 Å². The molecule has 0 bridgehead atoms. The van der Waals surface area contributed by atoms with E-state index < -0.39 is 0 Å². The molecule has 1 aliphatic heterocycles. The molecule has 0 amide bonds. The number of aromatic nitrogens is 2. The van der Waals surface area contributed by atoms with E-state index in [1.54, 1.807) is 0 Å². The summed E-state index contributed by atoms with van der Waals surface area (Å²) in [6.45, 7) is 4.85. The van der Waals surface area contributed by atoms with Gasteiger partial charge < -0.3 is 9.14 Å². The number of imidazole rings is 1.